The Balaban J connectivity index is 1.79. The summed E-state index contributed by atoms with van der Waals surface area (Å²) in [6.45, 7) is 2.00. The minimum absolute atomic E-state index is 0.115. The predicted octanol–water partition coefficient (Wildman–Crippen LogP) is 1.51. The number of hydrogen-bond acceptors (Lipinski definition) is 4. The molecular formula is C18H21N3O3. The lowest BCUT2D eigenvalue weighted by atomic mass is 10.0. The van der Waals surface area contributed by atoms with Crippen LogP contribution in [0.15, 0.2) is 47.3 Å². The summed E-state index contributed by atoms with van der Waals surface area (Å²) in [5.41, 5.74) is 1.21. The maximum atomic E-state index is 12.7. The second-order valence-electron chi connectivity index (χ2n) is 5.95. The molecule has 126 valence electrons. The molecule has 0 bridgehead atoms. The topological polar surface area (TPSA) is 65.6 Å². The SMILES string of the molecule is COc1ccc(C2CN(C(=O)c3cccc(=O)[nH]3)CCN2C)cc1. The Labute approximate surface area is 140 Å². The molecule has 2 heterocycles. The Kier molecular flexibility index (Phi) is 4.66. The number of pyridine rings is 1. The molecule has 0 radical (unpaired) electrons. The van der Waals surface area contributed by atoms with Crippen molar-refractivity contribution in [1.29, 1.82) is 0 Å². The van der Waals surface area contributed by atoms with Gasteiger partial charge in [-0.05, 0) is 30.8 Å². The number of carbonyl (C=O) groups excluding carboxylic acids is 1. The number of nitrogens with zero attached hydrogens (tertiary/aromatic N) is 2. The van der Waals surface area contributed by atoms with Crippen LogP contribution in [-0.2, 0) is 0 Å². The zero-order chi connectivity index (χ0) is 17.1. The van der Waals surface area contributed by atoms with E-state index < -0.39 is 0 Å². The van der Waals surface area contributed by atoms with Crippen LogP contribution >= 0.6 is 0 Å². The van der Waals surface area contributed by atoms with Crippen molar-refractivity contribution in [2.75, 3.05) is 33.8 Å². The van der Waals surface area contributed by atoms with E-state index in [0.717, 1.165) is 17.9 Å². The van der Waals surface area contributed by atoms with Crippen molar-refractivity contribution in [1.82, 2.24) is 14.8 Å². The first kappa shape index (κ1) is 16.3. The van der Waals surface area contributed by atoms with Crippen molar-refractivity contribution in [3.63, 3.8) is 0 Å². The van der Waals surface area contributed by atoms with Crippen molar-refractivity contribution in [2.45, 2.75) is 6.04 Å². The van der Waals surface area contributed by atoms with Crippen LogP contribution < -0.4 is 10.3 Å². The molecular weight excluding hydrogens is 306 g/mol. The highest BCUT2D eigenvalue weighted by Gasteiger charge is 2.29. The number of aromatic amines is 1. The molecule has 1 aliphatic rings. The number of piperazine rings is 1. The monoisotopic (exact) mass is 327 g/mol. The Hall–Kier alpha value is -2.60. The summed E-state index contributed by atoms with van der Waals surface area (Å²) in [7, 11) is 3.70. The fourth-order valence-corrected chi connectivity index (χ4v) is 2.99. The van der Waals surface area contributed by atoms with E-state index in [9.17, 15) is 9.59 Å². The van der Waals surface area contributed by atoms with Crippen LogP contribution in [0.4, 0.5) is 0 Å². The van der Waals surface area contributed by atoms with Crippen LogP contribution in [0.5, 0.6) is 5.75 Å². The van der Waals surface area contributed by atoms with Crippen molar-refractivity contribution in [3.05, 3.63) is 64.1 Å². The Morgan fingerprint density at radius 3 is 2.58 bits per heavy atom. The van der Waals surface area contributed by atoms with Gasteiger partial charge in [-0.2, -0.15) is 0 Å². The molecule has 1 atom stereocenters. The third-order valence-corrected chi connectivity index (χ3v) is 4.43. The standard InChI is InChI=1S/C18H21N3O3/c1-20-10-11-21(18(23)15-4-3-5-17(22)19-15)12-16(20)13-6-8-14(24-2)9-7-13/h3-9,16H,10-12H2,1-2H3,(H,19,22). The van der Waals surface area contributed by atoms with Gasteiger partial charge in [0, 0.05) is 25.7 Å². The van der Waals surface area contributed by atoms with Crippen molar-refractivity contribution < 1.29 is 9.53 Å². The molecule has 3 rings (SSSR count). The van der Waals surface area contributed by atoms with E-state index in [1.54, 1.807) is 24.1 Å². The second kappa shape index (κ2) is 6.88. The van der Waals surface area contributed by atoms with Crippen molar-refractivity contribution in [3.8, 4) is 5.75 Å². The van der Waals surface area contributed by atoms with E-state index in [1.165, 1.54) is 6.07 Å². The number of methoxy groups -OCH3 is 1. The highest BCUT2D eigenvalue weighted by atomic mass is 16.5. The number of likely N-dealkylation sites (N-methyl/N-ethyl adjacent to an activating group) is 1. The first-order chi connectivity index (χ1) is 11.6. The van der Waals surface area contributed by atoms with Gasteiger partial charge in [0.25, 0.3) is 5.91 Å². The largest absolute Gasteiger partial charge is 0.497 e. The van der Waals surface area contributed by atoms with Gasteiger partial charge in [0.15, 0.2) is 0 Å². The highest BCUT2D eigenvalue weighted by Crippen LogP contribution is 2.26. The molecule has 0 spiro atoms. The third-order valence-electron chi connectivity index (χ3n) is 4.43. The number of benzene rings is 1. The number of nitrogens with one attached hydrogen (secondary N) is 1. The number of aromatic nitrogens is 1. The summed E-state index contributed by atoms with van der Waals surface area (Å²) in [5.74, 6) is 0.673. The fraction of sp³-hybridized carbons (Fsp3) is 0.333. The van der Waals surface area contributed by atoms with Crippen LogP contribution in [0.25, 0.3) is 0 Å². The zero-order valence-corrected chi connectivity index (χ0v) is 13.9. The molecule has 1 saturated heterocycles. The average molecular weight is 327 g/mol. The van der Waals surface area contributed by atoms with E-state index in [0.29, 0.717) is 18.8 Å². The maximum absolute atomic E-state index is 12.7. The van der Waals surface area contributed by atoms with Gasteiger partial charge in [0.2, 0.25) is 5.56 Å². The minimum atomic E-state index is -0.262. The number of H-pyrrole nitrogens is 1. The Morgan fingerprint density at radius 1 is 1.17 bits per heavy atom. The van der Waals surface area contributed by atoms with Crippen LogP contribution in [0.2, 0.25) is 0 Å². The second-order valence-corrected chi connectivity index (χ2v) is 5.95. The molecule has 1 unspecified atom stereocenters. The van der Waals surface area contributed by atoms with Crippen LogP contribution in [0, 0.1) is 0 Å². The van der Waals surface area contributed by atoms with Crippen molar-refractivity contribution >= 4 is 5.91 Å². The average Bonchev–Trinajstić information content (AvgIpc) is 2.62. The predicted molar refractivity (Wildman–Crippen MR) is 91.3 cm³/mol. The molecule has 1 aliphatic heterocycles. The van der Waals surface area contributed by atoms with Crippen molar-refractivity contribution in [2.24, 2.45) is 0 Å². The highest BCUT2D eigenvalue weighted by molar-refractivity contribution is 5.92. The summed E-state index contributed by atoms with van der Waals surface area (Å²) in [5, 5.41) is 0. The number of ether oxygens (including phenoxy) is 1. The molecule has 6 heteroatoms. The summed E-state index contributed by atoms with van der Waals surface area (Å²) in [4.78, 5) is 30.7. The van der Waals surface area contributed by atoms with E-state index >= 15 is 0 Å². The zero-order valence-electron chi connectivity index (χ0n) is 13.9. The lowest BCUT2D eigenvalue weighted by molar-refractivity contribution is 0.0540. The maximum Gasteiger partial charge on any atom is 0.270 e. The third kappa shape index (κ3) is 3.33. The van der Waals surface area contributed by atoms with Gasteiger partial charge in [-0.25, -0.2) is 0 Å². The smallest absolute Gasteiger partial charge is 0.270 e. The summed E-state index contributed by atoms with van der Waals surface area (Å²) < 4.78 is 5.20. The number of hydrogen-bond donors (Lipinski definition) is 1. The molecule has 1 N–H and O–H groups in total. The van der Waals surface area contributed by atoms with E-state index in [-0.39, 0.29) is 17.5 Å². The van der Waals surface area contributed by atoms with Gasteiger partial charge in [-0.1, -0.05) is 18.2 Å². The van der Waals surface area contributed by atoms with Crippen LogP contribution in [0.3, 0.4) is 0 Å². The number of carbonyl (C=O) groups is 1. The van der Waals surface area contributed by atoms with Crippen LogP contribution in [-0.4, -0.2) is 54.5 Å². The molecule has 24 heavy (non-hydrogen) atoms. The number of amides is 1. The van der Waals surface area contributed by atoms with E-state index in [1.807, 2.05) is 24.3 Å². The lowest BCUT2D eigenvalue weighted by Gasteiger charge is -2.39. The fourth-order valence-electron chi connectivity index (χ4n) is 2.99. The van der Waals surface area contributed by atoms with Gasteiger partial charge in [-0.3, -0.25) is 14.5 Å². The van der Waals surface area contributed by atoms with E-state index in [4.69, 9.17) is 4.74 Å². The first-order valence-corrected chi connectivity index (χ1v) is 7.91. The molecule has 1 aromatic carbocycles. The molecule has 1 fully saturated rings. The van der Waals surface area contributed by atoms with Crippen LogP contribution in [0.1, 0.15) is 22.1 Å². The molecule has 2 aromatic rings. The quantitative estimate of drug-likeness (QED) is 0.928. The normalized spacial score (nSPS) is 18.4. The number of rotatable bonds is 3. The van der Waals surface area contributed by atoms with Gasteiger partial charge in [-0.15, -0.1) is 0 Å². The van der Waals surface area contributed by atoms with Gasteiger partial charge < -0.3 is 14.6 Å². The molecule has 0 saturated carbocycles. The Morgan fingerprint density at radius 2 is 1.92 bits per heavy atom. The Bertz CT molecular complexity index is 770. The summed E-state index contributed by atoms with van der Waals surface area (Å²) in [6, 6.07) is 12.7. The lowest BCUT2D eigenvalue weighted by Crippen LogP contribution is -2.49. The minimum Gasteiger partial charge on any atom is -0.497 e. The van der Waals surface area contributed by atoms with Gasteiger partial charge >= 0.3 is 0 Å². The molecule has 6 nitrogen and oxygen atoms in total. The van der Waals surface area contributed by atoms with Gasteiger partial charge in [0.05, 0.1) is 13.2 Å². The van der Waals surface area contributed by atoms with Gasteiger partial charge in [0.1, 0.15) is 11.4 Å². The molecule has 1 amide bonds. The summed E-state index contributed by atoms with van der Waals surface area (Å²) in [6.07, 6.45) is 0. The molecule has 0 aliphatic carbocycles. The van der Waals surface area contributed by atoms with E-state index in [2.05, 4.69) is 16.9 Å². The summed E-state index contributed by atoms with van der Waals surface area (Å²) >= 11 is 0. The molecule has 1 aromatic heterocycles. The first-order valence-electron chi connectivity index (χ1n) is 7.91.